The largest absolute Gasteiger partial charge is 0.396 e. The Labute approximate surface area is 106 Å². The van der Waals surface area contributed by atoms with E-state index in [2.05, 4.69) is 17.2 Å². The molecule has 0 spiro atoms. The van der Waals surface area contributed by atoms with Crippen LogP contribution in [0.2, 0.25) is 0 Å². The molecule has 5 nitrogen and oxygen atoms in total. The van der Waals surface area contributed by atoms with Crippen molar-refractivity contribution in [3.63, 3.8) is 0 Å². The third-order valence-corrected chi connectivity index (χ3v) is 2.85. The Bertz CT molecular complexity index is 422. The first kappa shape index (κ1) is 14.4. The molecule has 1 heterocycles. The molecule has 1 amide bonds. The van der Waals surface area contributed by atoms with E-state index in [0.717, 1.165) is 12.8 Å². The molecule has 0 fully saturated rings. The van der Waals surface area contributed by atoms with E-state index in [1.54, 1.807) is 0 Å². The van der Waals surface area contributed by atoms with Crippen LogP contribution in [0, 0.1) is 5.92 Å². The summed E-state index contributed by atoms with van der Waals surface area (Å²) in [5.41, 5.74) is -0.169. The Morgan fingerprint density at radius 3 is 2.89 bits per heavy atom. The third kappa shape index (κ3) is 4.33. The zero-order valence-electron chi connectivity index (χ0n) is 10.6. The molecule has 1 aromatic rings. The molecule has 18 heavy (non-hydrogen) atoms. The van der Waals surface area contributed by atoms with Crippen molar-refractivity contribution in [2.45, 2.75) is 26.2 Å². The highest BCUT2D eigenvalue weighted by Gasteiger charge is 2.12. The molecule has 0 aromatic carbocycles. The smallest absolute Gasteiger partial charge is 0.256 e. The average Bonchev–Trinajstić information content (AvgIpc) is 2.36. The molecule has 0 radical (unpaired) electrons. The fraction of sp³-hybridized carbons (Fsp3) is 0.538. The van der Waals surface area contributed by atoms with Crippen LogP contribution in [-0.2, 0) is 0 Å². The lowest BCUT2D eigenvalue weighted by Gasteiger charge is -2.15. The minimum absolute atomic E-state index is 0.118. The van der Waals surface area contributed by atoms with Gasteiger partial charge < -0.3 is 15.4 Å². The number of nitrogens with one attached hydrogen (secondary N) is 2. The molecule has 0 aliphatic rings. The number of aliphatic hydroxyl groups excluding tert-OH is 1. The maximum absolute atomic E-state index is 11.8. The van der Waals surface area contributed by atoms with Crippen LogP contribution >= 0.6 is 0 Å². The lowest BCUT2D eigenvalue weighted by molar-refractivity contribution is 0.0941. The zero-order valence-corrected chi connectivity index (χ0v) is 10.6. The lowest BCUT2D eigenvalue weighted by Crippen LogP contribution is -2.32. The van der Waals surface area contributed by atoms with Crippen LogP contribution in [0.1, 0.15) is 36.5 Å². The quantitative estimate of drug-likeness (QED) is 0.674. The molecule has 1 atom stereocenters. The van der Waals surface area contributed by atoms with E-state index < -0.39 is 0 Å². The van der Waals surface area contributed by atoms with Gasteiger partial charge in [-0.3, -0.25) is 9.59 Å². The molecular formula is C13H20N2O3. The van der Waals surface area contributed by atoms with E-state index in [-0.39, 0.29) is 29.4 Å². The fourth-order valence-corrected chi connectivity index (χ4v) is 1.87. The maximum atomic E-state index is 11.8. The van der Waals surface area contributed by atoms with E-state index >= 15 is 0 Å². The van der Waals surface area contributed by atoms with Gasteiger partial charge in [-0.05, 0) is 18.8 Å². The van der Waals surface area contributed by atoms with Gasteiger partial charge in [-0.2, -0.15) is 0 Å². The summed E-state index contributed by atoms with van der Waals surface area (Å²) in [4.78, 5) is 25.9. The number of aromatic amines is 1. The van der Waals surface area contributed by atoms with Crippen molar-refractivity contribution in [1.82, 2.24) is 10.3 Å². The molecule has 1 unspecified atom stereocenters. The van der Waals surface area contributed by atoms with Crippen LogP contribution in [0.5, 0.6) is 0 Å². The number of aliphatic hydroxyl groups is 1. The Kier molecular flexibility index (Phi) is 6.14. The lowest BCUT2D eigenvalue weighted by atomic mass is 10.0. The first-order valence-electron chi connectivity index (χ1n) is 6.25. The van der Waals surface area contributed by atoms with Gasteiger partial charge >= 0.3 is 0 Å². The Hall–Kier alpha value is -1.62. The first-order chi connectivity index (χ1) is 8.69. The van der Waals surface area contributed by atoms with E-state index in [9.17, 15) is 9.59 Å². The molecular weight excluding hydrogens is 232 g/mol. The molecule has 0 saturated heterocycles. The Morgan fingerprint density at radius 2 is 2.28 bits per heavy atom. The number of pyridine rings is 1. The summed E-state index contributed by atoms with van der Waals surface area (Å²) in [6, 6.07) is 1.33. The summed E-state index contributed by atoms with van der Waals surface area (Å²) >= 11 is 0. The molecule has 1 aromatic heterocycles. The number of rotatable bonds is 7. The van der Waals surface area contributed by atoms with Crippen molar-refractivity contribution in [2.75, 3.05) is 13.2 Å². The van der Waals surface area contributed by atoms with Crippen LogP contribution in [0.15, 0.2) is 23.3 Å². The number of aromatic nitrogens is 1. The van der Waals surface area contributed by atoms with E-state index in [0.29, 0.717) is 13.0 Å². The zero-order chi connectivity index (χ0) is 13.4. The van der Waals surface area contributed by atoms with Crippen molar-refractivity contribution in [2.24, 2.45) is 5.92 Å². The first-order valence-corrected chi connectivity index (χ1v) is 6.25. The molecule has 0 aliphatic heterocycles. The second kappa shape index (κ2) is 7.66. The molecule has 0 saturated carbocycles. The van der Waals surface area contributed by atoms with Gasteiger partial charge in [0, 0.05) is 31.6 Å². The number of amides is 1. The van der Waals surface area contributed by atoms with Gasteiger partial charge in [-0.15, -0.1) is 0 Å². The van der Waals surface area contributed by atoms with E-state index in [4.69, 9.17) is 5.11 Å². The summed E-state index contributed by atoms with van der Waals surface area (Å²) < 4.78 is 0. The van der Waals surface area contributed by atoms with Crippen LogP contribution in [-0.4, -0.2) is 29.1 Å². The van der Waals surface area contributed by atoms with Gasteiger partial charge in [-0.1, -0.05) is 13.3 Å². The Balaban J connectivity index is 2.54. The maximum Gasteiger partial charge on any atom is 0.256 e. The van der Waals surface area contributed by atoms with Crippen LogP contribution in [0.25, 0.3) is 0 Å². The fourth-order valence-electron chi connectivity index (χ4n) is 1.87. The molecule has 0 bridgehead atoms. The highest BCUT2D eigenvalue weighted by atomic mass is 16.3. The second-order valence-corrected chi connectivity index (χ2v) is 4.30. The Morgan fingerprint density at radius 1 is 1.50 bits per heavy atom. The number of H-pyrrole nitrogens is 1. The van der Waals surface area contributed by atoms with E-state index in [1.165, 1.54) is 18.5 Å². The van der Waals surface area contributed by atoms with Gasteiger partial charge in [0.1, 0.15) is 5.56 Å². The standard InChI is InChI=1S/C13H20N2O3/c1-2-3-10(5-7-16)8-15-13(18)11-9-14-6-4-12(11)17/h4,6,9-10,16H,2-3,5,7-8H2,1H3,(H,14,17)(H,15,18). The molecule has 3 N–H and O–H groups in total. The predicted octanol–water partition coefficient (Wildman–Crippen LogP) is 0.903. The van der Waals surface area contributed by atoms with Gasteiger partial charge in [-0.25, -0.2) is 0 Å². The summed E-state index contributed by atoms with van der Waals surface area (Å²) in [6.07, 6.45) is 5.51. The van der Waals surface area contributed by atoms with Crippen molar-refractivity contribution < 1.29 is 9.90 Å². The van der Waals surface area contributed by atoms with Gasteiger partial charge in [0.05, 0.1) is 0 Å². The monoisotopic (exact) mass is 252 g/mol. The van der Waals surface area contributed by atoms with Gasteiger partial charge in [0.2, 0.25) is 0 Å². The molecule has 0 aliphatic carbocycles. The summed E-state index contributed by atoms with van der Waals surface area (Å²) in [7, 11) is 0. The van der Waals surface area contributed by atoms with Gasteiger partial charge in [0.25, 0.3) is 5.91 Å². The molecule has 5 heteroatoms. The third-order valence-electron chi connectivity index (χ3n) is 2.85. The number of hydrogen-bond donors (Lipinski definition) is 3. The average molecular weight is 252 g/mol. The second-order valence-electron chi connectivity index (χ2n) is 4.30. The van der Waals surface area contributed by atoms with Crippen molar-refractivity contribution >= 4 is 5.91 Å². The van der Waals surface area contributed by atoms with Crippen molar-refractivity contribution in [3.8, 4) is 0 Å². The molecule has 1 rings (SSSR count). The van der Waals surface area contributed by atoms with Crippen LogP contribution in [0.3, 0.4) is 0 Å². The molecule has 100 valence electrons. The SMILES string of the molecule is CCCC(CCO)CNC(=O)c1c[nH]ccc1=O. The number of carbonyl (C=O) groups excluding carboxylic acids is 1. The van der Waals surface area contributed by atoms with E-state index in [1.807, 2.05) is 0 Å². The van der Waals surface area contributed by atoms with Crippen molar-refractivity contribution in [1.29, 1.82) is 0 Å². The number of hydrogen-bond acceptors (Lipinski definition) is 3. The predicted molar refractivity (Wildman–Crippen MR) is 69.5 cm³/mol. The highest BCUT2D eigenvalue weighted by Crippen LogP contribution is 2.09. The summed E-state index contributed by atoms with van der Waals surface area (Å²) in [5.74, 6) is -0.109. The van der Waals surface area contributed by atoms with Crippen LogP contribution < -0.4 is 10.7 Å². The van der Waals surface area contributed by atoms with Crippen molar-refractivity contribution in [3.05, 3.63) is 34.2 Å². The topological polar surface area (TPSA) is 82.2 Å². The summed E-state index contributed by atoms with van der Waals surface area (Å²) in [6.45, 7) is 2.67. The minimum atomic E-state index is -0.365. The summed E-state index contributed by atoms with van der Waals surface area (Å²) in [5, 5.41) is 11.7. The number of carbonyl (C=O) groups is 1. The minimum Gasteiger partial charge on any atom is -0.396 e. The normalized spacial score (nSPS) is 12.1. The highest BCUT2D eigenvalue weighted by molar-refractivity contribution is 5.93. The van der Waals surface area contributed by atoms with Gasteiger partial charge in [0.15, 0.2) is 5.43 Å². The van der Waals surface area contributed by atoms with Crippen LogP contribution in [0.4, 0.5) is 0 Å².